The molecule has 0 bridgehead atoms. The molecule has 2 rings (SSSR count). The highest BCUT2D eigenvalue weighted by molar-refractivity contribution is 6.38. The van der Waals surface area contributed by atoms with Gasteiger partial charge in [-0.15, -0.1) is 0 Å². The summed E-state index contributed by atoms with van der Waals surface area (Å²) in [5.74, 6) is 0.909. The van der Waals surface area contributed by atoms with E-state index in [9.17, 15) is 0 Å². The molecule has 0 atom stereocenters. The molecule has 1 heterocycles. The van der Waals surface area contributed by atoms with Crippen LogP contribution in [0.3, 0.4) is 0 Å². The Kier molecular flexibility index (Phi) is 3.75. The summed E-state index contributed by atoms with van der Waals surface area (Å²) in [6.07, 6.45) is 0.926. The fourth-order valence-corrected chi connectivity index (χ4v) is 2.39. The highest BCUT2D eigenvalue weighted by Crippen LogP contribution is 2.29. The molecular formula is C13H14Cl2N2. The fourth-order valence-electron chi connectivity index (χ4n) is 1.84. The minimum Gasteiger partial charge on any atom is -0.370 e. The second-order valence-corrected chi connectivity index (χ2v) is 4.68. The molecule has 0 amide bonds. The molecule has 1 N–H and O–H groups in total. The zero-order chi connectivity index (χ0) is 12.4. The van der Waals surface area contributed by atoms with Crippen molar-refractivity contribution in [2.75, 3.05) is 11.9 Å². The summed E-state index contributed by atoms with van der Waals surface area (Å²) >= 11 is 12.1. The first kappa shape index (κ1) is 12.5. The molecule has 0 fully saturated rings. The number of rotatable bonds is 3. The van der Waals surface area contributed by atoms with Crippen molar-refractivity contribution in [3.63, 3.8) is 0 Å². The van der Waals surface area contributed by atoms with Crippen molar-refractivity contribution in [2.45, 2.75) is 20.3 Å². The molecule has 2 nitrogen and oxygen atoms in total. The van der Waals surface area contributed by atoms with Gasteiger partial charge < -0.3 is 5.32 Å². The van der Waals surface area contributed by atoms with E-state index in [2.05, 4.69) is 30.2 Å². The Hall–Kier alpha value is -0.990. The zero-order valence-electron chi connectivity index (χ0n) is 9.85. The van der Waals surface area contributed by atoms with E-state index in [-0.39, 0.29) is 0 Å². The van der Waals surface area contributed by atoms with Gasteiger partial charge in [0.05, 0.1) is 10.5 Å². The van der Waals surface area contributed by atoms with E-state index >= 15 is 0 Å². The van der Waals surface area contributed by atoms with Crippen LogP contribution in [0.4, 0.5) is 5.82 Å². The molecule has 0 unspecified atom stereocenters. The lowest BCUT2D eigenvalue weighted by molar-refractivity contribution is 1.09. The maximum atomic E-state index is 6.16. The molecule has 2 aromatic rings. The minimum absolute atomic E-state index is 0.592. The van der Waals surface area contributed by atoms with Gasteiger partial charge >= 0.3 is 0 Å². The third-order valence-corrected chi connectivity index (χ3v) is 3.15. The average molecular weight is 269 g/mol. The monoisotopic (exact) mass is 268 g/mol. The van der Waals surface area contributed by atoms with Gasteiger partial charge in [-0.05, 0) is 37.1 Å². The molecule has 0 aliphatic rings. The lowest BCUT2D eigenvalue weighted by Crippen LogP contribution is -2.03. The minimum atomic E-state index is 0.592. The molecule has 90 valence electrons. The number of hydrogen-bond acceptors (Lipinski definition) is 2. The summed E-state index contributed by atoms with van der Waals surface area (Å²) in [6, 6.07) is 5.71. The SMILES string of the molecule is CCNc1nc2c(Cl)cc(Cl)cc2cc1CC. The average Bonchev–Trinajstić information content (AvgIpc) is 2.29. The first-order chi connectivity index (χ1) is 8.15. The van der Waals surface area contributed by atoms with Gasteiger partial charge in [0, 0.05) is 17.0 Å². The number of aryl methyl sites for hydroxylation is 1. The van der Waals surface area contributed by atoms with E-state index in [1.54, 1.807) is 6.07 Å². The molecular weight excluding hydrogens is 255 g/mol. The van der Waals surface area contributed by atoms with E-state index < -0.39 is 0 Å². The quantitative estimate of drug-likeness (QED) is 0.885. The molecule has 17 heavy (non-hydrogen) atoms. The summed E-state index contributed by atoms with van der Waals surface area (Å²) in [5, 5.41) is 5.48. The molecule has 0 saturated carbocycles. The first-order valence-electron chi connectivity index (χ1n) is 5.68. The first-order valence-corrected chi connectivity index (χ1v) is 6.43. The molecule has 0 aliphatic carbocycles. The fraction of sp³-hybridized carbons (Fsp3) is 0.308. The van der Waals surface area contributed by atoms with E-state index in [4.69, 9.17) is 23.2 Å². The summed E-state index contributed by atoms with van der Waals surface area (Å²) in [5.41, 5.74) is 1.97. The van der Waals surface area contributed by atoms with Crippen molar-refractivity contribution >= 4 is 39.9 Å². The van der Waals surface area contributed by atoms with Gasteiger partial charge in [0.15, 0.2) is 0 Å². The Morgan fingerprint density at radius 1 is 1.18 bits per heavy atom. The van der Waals surface area contributed by atoms with E-state index in [0.29, 0.717) is 10.0 Å². The number of benzene rings is 1. The summed E-state index contributed by atoms with van der Waals surface area (Å²) in [6.45, 7) is 5.00. The van der Waals surface area contributed by atoms with E-state index in [1.807, 2.05) is 6.07 Å². The lowest BCUT2D eigenvalue weighted by Gasteiger charge is -2.11. The van der Waals surface area contributed by atoms with Crippen molar-refractivity contribution in [3.8, 4) is 0 Å². The van der Waals surface area contributed by atoms with Crippen LogP contribution >= 0.6 is 23.2 Å². The van der Waals surface area contributed by atoms with Crippen LogP contribution in [-0.2, 0) is 6.42 Å². The maximum absolute atomic E-state index is 6.16. The van der Waals surface area contributed by atoms with Crippen molar-refractivity contribution in [3.05, 3.63) is 33.8 Å². The third kappa shape index (κ3) is 2.48. The van der Waals surface area contributed by atoms with Crippen molar-refractivity contribution in [1.29, 1.82) is 0 Å². The normalized spacial score (nSPS) is 10.8. The summed E-state index contributed by atoms with van der Waals surface area (Å²) in [7, 11) is 0. The van der Waals surface area contributed by atoms with Crippen LogP contribution in [0.1, 0.15) is 19.4 Å². The van der Waals surface area contributed by atoms with Gasteiger partial charge in [0.1, 0.15) is 5.82 Å². The Morgan fingerprint density at radius 2 is 1.94 bits per heavy atom. The molecule has 1 aromatic heterocycles. The molecule has 0 aliphatic heterocycles. The van der Waals surface area contributed by atoms with Crippen LogP contribution in [0, 0.1) is 0 Å². The number of pyridine rings is 1. The molecule has 0 radical (unpaired) electrons. The molecule has 1 aromatic carbocycles. The zero-order valence-corrected chi connectivity index (χ0v) is 11.4. The highest BCUT2D eigenvalue weighted by atomic mass is 35.5. The molecule has 4 heteroatoms. The molecule has 0 saturated heterocycles. The van der Waals surface area contributed by atoms with Crippen LogP contribution in [-0.4, -0.2) is 11.5 Å². The van der Waals surface area contributed by atoms with Crippen LogP contribution in [0.5, 0.6) is 0 Å². The Bertz CT molecular complexity index is 553. The van der Waals surface area contributed by atoms with Gasteiger partial charge in [0.2, 0.25) is 0 Å². The highest BCUT2D eigenvalue weighted by Gasteiger charge is 2.08. The number of nitrogens with one attached hydrogen (secondary N) is 1. The second-order valence-electron chi connectivity index (χ2n) is 3.84. The Morgan fingerprint density at radius 3 is 2.59 bits per heavy atom. The summed E-state index contributed by atoms with van der Waals surface area (Å²) in [4.78, 5) is 4.57. The number of nitrogens with zero attached hydrogens (tertiary/aromatic N) is 1. The van der Waals surface area contributed by atoms with Crippen molar-refractivity contribution in [2.24, 2.45) is 0 Å². The van der Waals surface area contributed by atoms with Crippen LogP contribution in [0.2, 0.25) is 10.0 Å². The topological polar surface area (TPSA) is 24.9 Å². The predicted octanol–water partition coefficient (Wildman–Crippen LogP) is 4.54. The van der Waals surface area contributed by atoms with Crippen molar-refractivity contribution < 1.29 is 0 Å². The number of anilines is 1. The summed E-state index contributed by atoms with van der Waals surface area (Å²) < 4.78 is 0. The smallest absolute Gasteiger partial charge is 0.129 e. The van der Waals surface area contributed by atoms with E-state index in [0.717, 1.165) is 29.7 Å². The number of fused-ring (bicyclic) bond motifs is 1. The lowest BCUT2D eigenvalue weighted by atomic mass is 10.1. The maximum Gasteiger partial charge on any atom is 0.129 e. The molecule has 0 spiro atoms. The van der Waals surface area contributed by atoms with Gasteiger partial charge in [-0.1, -0.05) is 30.1 Å². The predicted molar refractivity (Wildman–Crippen MR) is 75.3 cm³/mol. The largest absolute Gasteiger partial charge is 0.370 e. The van der Waals surface area contributed by atoms with Gasteiger partial charge in [-0.25, -0.2) is 4.98 Å². The van der Waals surface area contributed by atoms with Crippen molar-refractivity contribution in [1.82, 2.24) is 4.98 Å². The Balaban J connectivity index is 2.69. The Labute approximate surface area is 111 Å². The van der Waals surface area contributed by atoms with Crippen LogP contribution < -0.4 is 5.32 Å². The standard InChI is InChI=1S/C13H14Cl2N2/c1-3-8-5-9-6-10(14)7-11(15)12(9)17-13(8)16-4-2/h5-7H,3-4H2,1-2H3,(H,16,17). The van der Waals surface area contributed by atoms with Gasteiger partial charge in [-0.3, -0.25) is 0 Å². The van der Waals surface area contributed by atoms with Gasteiger partial charge in [0.25, 0.3) is 0 Å². The number of hydrogen-bond donors (Lipinski definition) is 1. The van der Waals surface area contributed by atoms with E-state index in [1.165, 1.54) is 5.56 Å². The van der Waals surface area contributed by atoms with Gasteiger partial charge in [-0.2, -0.15) is 0 Å². The third-order valence-electron chi connectivity index (χ3n) is 2.64. The second kappa shape index (κ2) is 5.11. The number of halogens is 2. The van der Waals surface area contributed by atoms with Crippen LogP contribution in [0.15, 0.2) is 18.2 Å². The van der Waals surface area contributed by atoms with Crippen LogP contribution in [0.25, 0.3) is 10.9 Å². The number of aromatic nitrogens is 1.